The van der Waals surface area contributed by atoms with Gasteiger partial charge in [0.05, 0.1) is 4.92 Å². The lowest BCUT2D eigenvalue weighted by atomic mass is 9.90. The van der Waals surface area contributed by atoms with Crippen molar-refractivity contribution in [3.63, 3.8) is 0 Å². The Morgan fingerprint density at radius 2 is 1.47 bits per heavy atom. The number of allylic oxidation sites excluding steroid dienone is 5. The second-order valence-electron chi connectivity index (χ2n) is 7.62. The van der Waals surface area contributed by atoms with E-state index in [1.54, 1.807) is 12.1 Å². The first-order valence-corrected chi connectivity index (χ1v) is 11.3. The second kappa shape index (κ2) is 10.7. The van der Waals surface area contributed by atoms with Crippen LogP contribution in [-0.2, 0) is 0 Å². The van der Waals surface area contributed by atoms with Gasteiger partial charge in [0.1, 0.15) is 13.1 Å². The normalized spacial score (nSPS) is 12.8. The maximum atomic E-state index is 11.4. The van der Waals surface area contributed by atoms with Crippen LogP contribution in [0.25, 0.3) is 5.57 Å². The van der Waals surface area contributed by atoms with Crippen LogP contribution in [0.15, 0.2) is 78.4 Å². The van der Waals surface area contributed by atoms with Crippen molar-refractivity contribution < 1.29 is 9.50 Å². The van der Waals surface area contributed by atoms with E-state index >= 15 is 0 Å². The van der Waals surface area contributed by atoms with E-state index in [1.807, 2.05) is 6.07 Å². The Balaban J connectivity index is 2.14. The highest BCUT2D eigenvalue weighted by atomic mass is 16.6. The van der Waals surface area contributed by atoms with Crippen LogP contribution in [0, 0.1) is 10.1 Å². The van der Waals surface area contributed by atoms with Crippen molar-refractivity contribution in [1.82, 2.24) is 0 Å². The monoisotopic (exact) mass is 430 g/mol. The van der Waals surface area contributed by atoms with Gasteiger partial charge in [0.25, 0.3) is 5.69 Å². The average Bonchev–Trinajstić information content (AvgIpc) is 2.83. The van der Waals surface area contributed by atoms with Crippen LogP contribution >= 0.6 is 0 Å². The summed E-state index contributed by atoms with van der Waals surface area (Å²) in [7, 11) is 0. The molecule has 0 amide bonds. The number of nitrogens with zero attached hydrogens (tertiary/aromatic N) is 3. The predicted molar refractivity (Wildman–Crippen MR) is 134 cm³/mol. The van der Waals surface area contributed by atoms with Crippen LogP contribution < -0.4 is 4.90 Å². The van der Waals surface area contributed by atoms with Crippen LogP contribution in [0.3, 0.4) is 0 Å². The molecule has 0 fully saturated rings. The highest BCUT2D eigenvalue weighted by Crippen LogP contribution is 2.32. The largest absolute Gasteiger partial charge is 0.372 e. The van der Waals surface area contributed by atoms with Crippen molar-refractivity contribution in [3.05, 3.63) is 99.6 Å². The summed E-state index contributed by atoms with van der Waals surface area (Å²) in [6, 6.07) is 15.4. The fraction of sp³-hybridized carbons (Fsp3) is 0.296. The van der Waals surface area contributed by atoms with E-state index in [2.05, 4.69) is 85.7 Å². The number of benzene rings is 2. The standard InChI is InChI=1S/C27H32N3O2/c1-5-28(6-2)24-16-12-21(13-17-24)27(23-10-9-11-26(20-23)30(31)32)22-14-18-25(19-15-22)29(7-3)8-4/h9-20H,5-8H2,1-4H3/q+1. The van der Waals surface area contributed by atoms with Gasteiger partial charge in [0.2, 0.25) is 0 Å². The van der Waals surface area contributed by atoms with E-state index in [9.17, 15) is 10.1 Å². The maximum absolute atomic E-state index is 11.4. The third kappa shape index (κ3) is 5.05. The lowest BCUT2D eigenvalue weighted by molar-refractivity contribution is -0.519. The van der Waals surface area contributed by atoms with E-state index in [-0.39, 0.29) is 10.6 Å². The predicted octanol–water partition coefficient (Wildman–Crippen LogP) is 5.86. The number of nitro groups is 1. The van der Waals surface area contributed by atoms with Crippen molar-refractivity contribution in [3.8, 4) is 0 Å². The zero-order valence-corrected chi connectivity index (χ0v) is 19.4. The van der Waals surface area contributed by atoms with Crippen molar-refractivity contribution >= 4 is 22.7 Å². The number of hydrogen-bond donors (Lipinski definition) is 0. The Labute approximate surface area is 190 Å². The minimum atomic E-state index is -0.339. The fourth-order valence-electron chi connectivity index (χ4n) is 4.13. The number of non-ortho nitro benzene ring substituents is 1. The lowest BCUT2D eigenvalue weighted by Crippen LogP contribution is -2.21. The molecule has 5 nitrogen and oxygen atoms in total. The highest BCUT2D eigenvalue weighted by Gasteiger charge is 2.16. The first-order chi connectivity index (χ1) is 15.5. The van der Waals surface area contributed by atoms with Crippen LogP contribution in [0.4, 0.5) is 11.4 Å². The van der Waals surface area contributed by atoms with Gasteiger partial charge in [-0.2, -0.15) is 0 Å². The summed E-state index contributed by atoms with van der Waals surface area (Å²) < 4.78 is 2.30. The minimum absolute atomic E-state index is 0.0968. The Morgan fingerprint density at radius 3 is 2.00 bits per heavy atom. The third-order valence-electron chi connectivity index (χ3n) is 5.91. The molecule has 0 saturated carbocycles. The Hall–Kier alpha value is -3.47. The zero-order chi connectivity index (χ0) is 23.1. The summed E-state index contributed by atoms with van der Waals surface area (Å²) in [5.41, 5.74) is 6.35. The molecule has 0 aromatic heterocycles. The van der Waals surface area contributed by atoms with Gasteiger partial charge in [-0.3, -0.25) is 10.1 Å². The van der Waals surface area contributed by atoms with Crippen LogP contribution in [0.2, 0.25) is 0 Å². The molecule has 0 N–H and O–H groups in total. The van der Waals surface area contributed by atoms with Gasteiger partial charge in [0.15, 0.2) is 5.71 Å². The smallest absolute Gasteiger partial charge is 0.270 e. The van der Waals surface area contributed by atoms with E-state index in [1.165, 1.54) is 17.5 Å². The number of rotatable bonds is 8. The van der Waals surface area contributed by atoms with E-state index in [4.69, 9.17) is 0 Å². The molecule has 32 heavy (non-hydrogen) atoms. The molecule has 0 spiro atoms. The zero-order valence-electron chi connectivity index (χ0n) is 19.4. The molecule has 0 unspecified atom stereocenters. The van der Waals surface area contributed by atoms with E-state index in [0.717, 1.165) is 48.5 Å². The topological polar surface area (TPSA) is 49.4 Å². The molecule has 0 aliphatic heterocycles. The molecule has 5 heteroatoms. The molecule has 3 rings (SSSR count). The number of nitro benzene ring substituents is 1. The van der Waals surface area contributed by atoms with Crippen molar-refractivity contribution in [1.29, 1.82) is 0 Å². The van der Waals surface area contributed by atoms with Crippen LogP contribution in [-0.4, -0.2) is 41.4 Å². The van der Waals surface area contributed by atoms with Gasteiger partial charge in [-0.25, -0.2) is 4.58 Å². The van der Waals surface area contributed by atoms with Gasteiger partial charge >= 0.3 is 0 Å². The number of hydrogen-bond acceptors (Lipinski definition) is 3. The molecule has 0 radical (unpaired) electrons. The summed E-state index contributed by atoms with van der Waals surface area (Å²) in [4.78, 5) is 13.4. The molecule has 1 aliphatic rings. The molecule has 0 saturated heterocycles. The Morgan fingerprint density at radius 1 is 0.844 bits per heavy atom. The van der Waals surface area contributed by atoms with Crippen LogP contribution in [0.1, 0.15) is 38.8 Å². The fourth-order valence-corrected chi connectivity index (χ4v) is 4.13. The van der Waals surface area contributed by atoms with Crippen LogP contribution in [0.5, 0.6) is 0 Å². The molecule has 0 atom stereocenters. The SMILES string of the molecule is CCN(CC)c1ccc(C(=C2C=CC(=[N+](CC)CC)C=C2)c2cccc([N+](=O)[O-])c2)cc1. The van der Waals surface area contributed by atoms with Gasteiger partial charge in [0, 0.05) is 43.1 Å². The molecule has 166 valence electrons. The summed E-state index contributed by atoms with van der Waals surface area (Å²) in [6.45, 7) is 12.4. The molecule has 0 heterocycles. The summed E-state index contributed by atoms with van der Waals surface area (Å²) in [5, 5.41) is 11.4. The van der Waals surface area contributed by atoms with Gasteiger partial charge in [-0.15, -0.1) is 0 Å². The lowest BCUT2D eigenvalue weighted by Gasteiger charge is -2.22. The first kappa shape index (κ1) is 23.2. The summed E-state index contributed by atoms with van der Waals surface area (Å²) in [6.07, 6.45) is 8.48. The second-order valence-corrected chi connectivity index (χ2v) is 7.62. The van der Waals surface area contributed by atoms with E-state index < -0.39 is 0 Å². The van der Waals surface area contributed by atoms with Gasteiger partial charge < -0.3 is 4.90 Å². The van der Waals surface area contributed by atoms with Crippen molar-refractivity contribution in [2.75, 3.05) is 31.1 Å². The maximum Gasteiger partial charge on any atom is 0.270 e. The molecular formula is C27H32N3O2+. The molecule has 2 aromatic rings. The van der Waals surface area contributed by atoms with E-state index in [0.29, 0.717) is 0 Å². The quantitative estimate of drug-likeness (QED) is 0.299. The Kier molecular flexibility index (Phi) is 7.77. The molecule has 0 bridgehead atoms. The average molecular weight is 431 g/mol. The summed E-state index contributed by atoms with van der Waals surface area (Å²) >= 11 is 0. The Bertz CT molecular complexity index is 1060. The molecule has 2 aromatic carbocycles. The van der Waals surface area contributed by atoms with Crippen molar-refractivity contribution in [2.24, 2.45) is 0 Å². The highest BCUT2D eigenvalue weighted by molar-refractivity contribution is 6.04. The first-order valence-electron chi connectivity index (χ1n) is 11.3. The molecular weight excluding hydrogens is 398 g/mol. The number of anilines is 1. The van der Waals surface area contributed by atoms with Crippen molar-refractivity contribution in [2.45, 2.75) is 27.7 Å². The third-order valence-corrected chi connectivity index (χ3v) is 5.91. The minimum Gasteiger partial charge on any atom is -0.372 e. The summed E-state index contributed by atoms with van der Waals surface area (Å²) in [5.74, 6) is 0. The molecule has 1 aliphatic carbocycles. The van der Waals surface area contributed by atoms with Gasteiger partial charge in [-0.05, 0) is 74.3 Å². The van der Waals surface area contributed by atoms with Gasteiger partial charge in [-0.1, -0.05) is 24.3 Å².